The first kappa shape index (κ1) is 21.9. The van der Waals surface area contributed by atoms with Crippen LogP contribution in [0.15, 0.2) is 42.5 Å². The summed E-state index contributed by atoms with van der Waals surface area (Å²) in [7, 11) is 0. The van der Waals surface area contributed by atoms with Crippen LogP contribution in [-0.4, -0.2) is 25.0 Å². The summed E-state index contributed by atoms with van der Waals surface area (Å²) in [5.41, 5.74) is 3.42. The molecule has 0 aliphatic carbocycles. The summed E-state index contributed by atoms with van der Waals surface area (Å²) >= 11 is 0. The van der Waals surface area contributed by atoms with Crippen LogP contribution in [0.2, 0.25) is 0 Å². The Morgan fingerprint density at radius 2 is 1.90 bits per heavy atom. The molecule has 0 saturated heterocycles. The van der Waals surface area contributed by atoms with E-state index in [9.17, 15) is 9.59 Å². The van der Waals surface area contributed by atoms with Gasteiger partial charge in [0, 0.05) is 29.9 Å². The maximum atomic E-state index is 12.6. The monoisotopic (exact) mass is 408 g/mol. The largest absolute Gasteiger partial charge is 0.494 e. The summed E-state index contributed by atoms with van der Waals surface area (Å²) in [6.45, 7) is 7.88. The SMILES string of the molecule is CCCCOc1ccc(C(=O)Nc2ccc3c(c2)CCC(=O)N3CCC(C)C)cc1. The summed E-state index contributed by atoms with van der Waals surface area (Å²) in [6.07, 6.45) is 4.30. The van der Waals surface area contributed by atoms with Crippen LogP contribution in [0, 0.1) is 5.92 Å². The molecule has 5 heteroatoms. The van der Waals surface area contributed by atoms with E-state index in [0.29, 0.717) is 30.9 Å². The highest BCUT2D eigenvalue weighted by molar-refractivity contribution is 6.05. The van der Waals surface area contributed by atoms with E-state index in [4.69, 9.17) is 4.74 Å². The molecule has 1 heterocycles. The van der Waals surface area contributed by atoms with Gasteiger partial charge in [0.15, 0.2) is 0 Å². The second-order valence-electron chi connectivity index (χ2n) is 8.25. The van der Waals surface area contributed by atoms with Crippen LogP contribution in [0.5, 0.6) is 5.75 Å². The number of aryl methyl sites for hydroxylation is 1. The molecule has 5 nitrogen and oxygen atoms in total. The molecule has 0 spiro atoms. The van der Waals surface area contributed by atoms with Crippen molar-refractivity contribution in [1.82, 2.24) is 0 Å². The molecule has 0 atom stereocenters. The molecule has 0 unspecified atom stereocenters. The minimum atomic E-state index is -0.154. The van der Waals surface area contributed by atoms with Crippen molar-refractivity contribution >= 4 is 23.2 Å². The van der Waals surface area contributed by atoms with Crippen molar-refractivity contribution in [3.8, 4) is 5.75 Å². The zero-order chi connectivity index (χ0) is 21.5. The number of unbranched alkanes of at least 4 members (excludes halogenated alkanes) is 1. The van der Waals surface area contributed by atoms with Crippen molar-refractivity contribution in [2.45, 2.75) is 52.9 Å². The van der Waals surface area contributed by atoms with E-state index >= 15 is 0 Å². The van der Waals surface area contributed by atoms with Crippen LogP contribution in [-0.2, 0) is 11.2 Å². The molecular formula is C25H32N2O3. The smallest absolute Gasteiger partial charge is 0.255 e. The number of anilines is 2. The van der Waals surface area contributed by atoms with Crippen molar-refractivity contribution in [3.05, 3.63) is 53.6 Å². The van der Waals surface area contributed by atoms with Gasteiger partial charge in [-0.05, 0) is 73.2 Å². The fourth-order valence-electron chi connectivity index (χ4n) is 3.51. The molecule has 0 radical (unpaired) electrons. The Bertz CT molecular complexity index is 874. The van der Waals surface area contributed by atoms with E-state index < -0.39 is 0 Å². The molecule has 1 N–H and O–H groups in total. The van der Waals surface area contributed by atoms with Crippen LogP contribution < -0.4 is 15.0 Å². The van der Waals surface area contributed by atoms with Crippen molar-refractivity contribution in [3.63, 3.8) is 0 Å². The molecule has 3 rings (SSSR count). The van der Waals surface area contributed by atoms with Gasteiger partial charge in [0.1, 0.15) is 5.75 Å². The lowest BCUT2D eigenvalue weighted by atomic mass is 9.99. The lowest BCUT2D eigenvalue weighted by molar-refractivity contribution is -0.118. The second kappa shape index (κ2) is 10.3. The summed E-state index contributed by atoms with van der Waals surface area (Å²) < 4.78 is 5.65. The van der Waals surface area contributed by atoms with Gasteiger partial charge in [-0.25, -0.2) is 0 Å². The molecule has 2 aromatic carbocycles. The predicted molar refractivity (Wildman–Crippen MR) is 121 cm³/mol. The summed E-state index contributed by atoms with van der Waals surface area (Å²) in [6, 6.07) is 13.0. The number of amides is 2. The number of nitrogens with one attached hydrogen (secondary N) is 1. The lowest BCUT2D eigenvalue weighted by Crippen LogP contribution is -2.36. The van der Waals surface area contributed by atoms with E-state index in [1.807, 2.05) is 35.2 Å². The molecule has 160 valence electrons. The van der Waals surface area contributed by atoms with Gasteiger partial charge >= 0.3 is 0 Å². The van der Waals surface area contributed by atoms with Crippen LogP contribution in [0.1, 0.15) is 62.4 Å². The van der Waals surface area contributed by atoms with Crippen LogP contribution in [0.4, 0.5) is 11.4 Å². The fourth-order valence-corrected chi connectivity index (χ4v) is 3.51. The molecule has 1 aliphatic heterocycles. The first-order valence-corrected chi connectivity index (χ1v) is 11.0. The highest BCUT2D eigenvalue weighted by Gasteiger charge is 2.24. The average molecular weight is 409 g/mol. The number of fused-ring (bicyclic) bond motifs is 1. The van der Waals surface area contributed by atoms with Gasteiger partial charge in [0.05, 0.1) is 6.61 Å². The molecule has 0 aromatic heterocycles. The van der Waals surface area contributed by atoms with Gasteiger partial charge in [-0.2, -0.15) is 0 Å². The normalized spacial score (nSPS) is 13.3. The maximum absolute atomic E-state index is 12.6. The van der Waals surface area contributed by atoms with Gasteiger partial charge in [-0.15, -0.1) is 0 Å². The first-order chi connectivity index (χ1) is 14.5. The Morgan fingerprint density at radius 3 is 2.60 bits per heavy atom. The zero-order valence-electron chi connectivity index (χ0n) is 18.2. The summed E-state index contributed by atoms with van der Waals surface area (Å²) in [4.78, 5) is 26.9. The maximum Gasteiger partial charge on any atom is 0.255 e. The van der Waals surface area contributed by atoms with E-state index in [2.05, 4.69) is 26.1 Å². The van der Waals surface area contributed by atoms with Gasteiger partial charge in [0.2, 0.25) is 5.91 Å². The summed E-state index contributed by atoms with van der Waals surface area (Å²) in [5.74, 6) is 1.35. The predicted octanol–water partition coefficient (Wildman–Crippen LogP) is 5.44. The molecule has 1 aliphatic rings. The number of hydrogen-bond acceptors (Lipinski definition) is 3. The molecule has 0 fully saturated rings. The van der Waals surface area contributed by atoms with Gasteiger partial charge < -0.3 is 15.0 Å². The van der Waals surface area contributed by atoms with E-state index in [-0.39, 0.29) is 11.8 Å². The quantitative estimate of drug-likeness (QED) is 0.562. The summed E-state index contributed by atoms with van der Waals surface area (Å²) in [5, 5.41) is 2.97. The number of ether oxygens (including phenoxy) is 1. The van der Waals surface area contributed by atoms with Crippen molar-refractivity contribution in [1.29, 1.82) is 0 Å². The standard InChI is InChI=1S/C25H32N2O3/c1-4-5-16-30-22-10-6-19(7-11-22)25(29)26-21-9-12-23-20(17-21)8-13-24(28)27(23)15-14-18(2)3/h6-7,9-12,17-18H,4-5,8,13-16H2,1-3H3,(H,26,29). The van der Waals surface area contributed by atoms with Crippen molar-refractivity contribution in [2.75, 3.05) is 23.4 Å². The number of nitrogens with zero attached hydrogens (tertiary/aromatic N) is 1. The Morgan fingerprint density at radius 1 is 1.13 bits per heavy atom. The molecule has 2 aromatic rings. The molecule has 0 bridgehead atoms. The minimum Gasteiger partial charge on any atom is -0.494 e. The van der Waals surface area contributed by atoms with Crippen LogP contribution in [0.25, 0.3) is 0 Å². The van der Waals surface area contributed by atoms with E-state index in [0.717, 1.165) is 48.5 Å². The molecular weight excluding hydrogens is 376 g/mol. The van der Waals surface area contributed by atoms with Gasteiger partial charge in [0.25, 0.3) is 5.91 Å². The number of carbonyl (C=O) groups is 2. The number of rotatable bonds is 9. The zero-order valence-corrected chi connectivity index (χ0v) is 18.2. The van der Waals surface area contributed by atoms with Crippen molar-refractivity contribution in [2.24, 2.45) is 5.92 Å². The molecule has 0 saturated carbocycles. The Kier molecular flexibility index (Phi) is 7.50. The minimum absolute atomic E-state index is 0.154. The van der Waals surface area contributed by atoms with Gasteiger partial charge in [-0.3, -0.25) is 9.59 Å². The van der Waals surface area contributed by atoms with E-state index in [1.165, 1.54) is 0 Å². The van der Waals surface area contributed by atoms with Crippen LogP contribution in [0.3, 0.4) is 0 Å². The Balaban J connectivity index is 1.66. The van der Waals surface area contributed by atoms with Crippen LogP contribution >= 0.6 is 0 Å². The molecule has 2 amide bonds. The highest BCUT2D eigenvalue weighted by Crippen LogP contribution is 2.31. The topological polar surface area (TPSA) is 58.6 Å². The van der Waals surface area contributed by atoms with E-state index in [1.54, 1.807) is 12.1 Å². The van der Waals surface area contributed by atoms with Crippen molar-refractivity contribution < 1.29 is 14.3 Å². The third kappa shape index (κ3) is 5.62. The number of benzene rings is 2. The first-order valence-electron chi connectivity index (χ1n) is 11.0. The third-order valence-electron chi connectivity index (χ3n) is 5.35. The fraction of sp³-hybridized carbons (Fsp3) is 0.440. The number of carbonyl (C=O) groups excluding carboxylic acids is 2. The highest BCUT2D eigenvalue weighted by atomic mass is 16.5. The Hall–Kier alpha value is -2.82. The number of hydrogen-bond donors (Lipinski definition) is 1. The Labute approximate surface area is 179 Å². The third-order valence-corrected chi connectivity index (χ3v) is 5.35. The molecule has 30 heavy (non-hydrogen) atoms. The lowest BCUT2D eigenvalue weighted by Gasteiger charge is -2.30. The van der Waals surface area contributed by atoms with Gasteiger partial charge in [-0.1, -0.05) is 27.2 Å². The average Bonchev–Trinajstić information content (AvgIpc) is 2.73. The second-order valence-corrected chi connectivity index (χ2v) is 8.25.